The molecule has 0 radical (unpaired) electrons. The molecule has 0 saturated carbocycles. The summed E-state index contributed by atoms with van der Waals surface area (Å²) in [7, 11) is 0. The average molecular weight is 374 g/mol. The minimum atomic E-state index is 0.235. The van der Waals surface area contributed by atoms with Crippen molar-refractivity contribution in [3.63, 3.8) is 0 Å². The molecule has 0 amide bonds. The number of hydrogen-bond acceptors (Lipinski definition) is 4. The van der Waals surface area contributed by atoms with E-state index >= 15 is 0 Å². The van der Waals surface area contributed by atoms with Crippen LogP contribution in [0.4, 0.5) is 0 Å². The van der Waals surface area contributed by atoms with Crippen LogP contribution in [-0.2, 0) is 6.42 Å². The van der Waals surface area contributed by atoms with Crippen molar-refractivity contribution >= 4 is 12.3 Å². The van der Waals surface area contributed by atoms with E-state index in [1.165, 1.54) is 5.56 Å². The minimum Gasteiger partial charge on any atom is -0.512 e. The Balaban J connectivity index is 2.09. The predicted molar refractivity (Wildman–Crippen MR) is 115 cm³/mol. The molecule has 0 bridgehead atoms. The summed E-state index contributed by atoms with van der Waals surface area (Å²) in [5.41, 5.74) is 5.34. The summed E-state index contributed by atoms with van der Waals surface area (Å²) in [6.07, 6.45) is 7.49. The lowest BCUT2D eigenvalue weighted by atomic mass is 9.93. The highest BCUT2D eigenvalue weighted by atomic mass is 16.3. The minimum absolute atomic E-state index is 0.235. The Kier molecular flexibility index (Phi) is 5.88. The van der Waals surface area contributed by atoms with Gasteiger partial charge in [-0.1, -0.05) is 38.6 Å². The van der Waals surface area contributed by atoms with Crippen molar-refractivity contribution in [1.29, 1.82) is 0 Å². The summed E-state index contributed by atoms with van der Waals surface area (Å²) in [5.74, 6) is 1.62. The zero-order chi connectivity index (χ0) is 20.3. The van der Waals surface area contributed by atoms with Gasteiger partial charge in [-0.3, -0.25) is 4.98 Å². The van der Waals surface area contributed by atoms with Gasteiger partial charge < -0.3 is 5.11 Å². The molecule has 0 aliphatic rings. The number of aryl methyl sites for hydroxylation is 2. The second kappa shape index (κ2) is 8.34. The van der Waals surface area contributed by atoms with Crippen molar-refractivity contribution in [2.24, 2.45) is 5.92 Å². The highest BCUT2D eigenvalue weighted by Gasteiger charge is 2.11. The third-order valence-electron chi connectivity index (χ3n) is 4.87. The molecule has 28 heavy (non-hydrogen) atoms. The van der Waals surface area contributed by atoms with Crippen molar-refractivity contribution in [3.05, 3.63) is 64.7 Å². The standard InChI is InChI=1S/C24H27N3O/c1-15(2)6-7-20-11-19(21-12-25-18(5)26-13-21)8-9-22(20)24-10-16(3)23(14-27-24)17(4)28/h8-15,28H,3,6-7H2,1-2,4-5H3. The lowest BCUT2D eigenvalue weighted by Gasteiger charge is -2.13. The van der Waals surface area contributed by atoms with Gasteiger partial charge in [0.1, 0.15) is 5.82 Å². The van der Waals surface area contributed by atoms with E-state index in [-0.39, 0.29) is 5.76 Å². The number of aliphatic hydroxyl groups excluding tert-OH is 1. The highest BCUT2D eigenvalue weighted by molar-refractivity contribution is 5.71. The molecule has 4 nitrogen and oxygen atoms in total. The number of aromatic nitrogens is 3. The van der Waals surface area contributed by atoms with E-state index in [1.807, 2.05) is 25.4 Å². The summed E-state index contributed by atoms with van der Waals surface area (Å²) in [6, 6.07) is 8.36. The van der Waals surface area contributed by atoms with Crippen LogP contribution in [0.2, 0.25) is 0 Å². The Morgan fingerprint density at radius 2 is 1.75 bits per heavy atom. The van der Waals surface area contributed by atoms with Crippen LogP contribution in [0, 0.1) is 12.8 Å². The van der Waals surface area contributed by atoms with Crippen LogP contribution in [0.5, 0.6) is 0 Å². The largest absolute Gasteiger partial charge is 0.512 e. The molecule has 144 valence electrons. The summed E-state index contributed by atoms with van der Waals surface area (Å²) in [4.78, 5) is 13.2. The normalized spacial score (nSPS) is 12.3. The smallest absolute Gasteiger partial charge is 0.125 e. The predicted octanol–water partition coefficient (Wildman–Crippen LogP) is 4.20. The first-order valence-corrected chi connectivity index (χ1v) is 9.62. The molecule has 1 aromatic carbocycles. The Hall–Kier alpha value is -3.01. The monoisotopic (exact) mass is 373 g/mol. The molecule has 1 N–H and O–H groups in total. The van der Waals surface area contributed by atoms with Crippen molar-refractivity contribution in [2.75, 3.05) is 0 Å². The Morgan fingerprint density at radius 3 is 2.36 bits per heavy atom. The molecule has 0 aliphatic carbocycles. The SMILES string of the molecule is C=c1cc(-c2ccc(-c3cnc(C)nc3)cc2CCC(C)C)ncc1=C(C)O. The topological polar surface area (TPSA) is 58.9 Å². The van der Waals surface area contributed by atoms with Crippen LogP contribution in [0.15, 0.2) is 42.9 Å². The molecule has 0 atom stereocenters. The van der Waals surface area contributed by atoms with E-state index in [4.69, 9.17) is 0 Å². The van der Waals surface area contributed by atoms with Crippen LogP contribution >= 0.6 is 0 Å². The van der Waals surface area contributed by atoms with Gasteiger partial charge in [-0.2, -0.15) is 0 Å². The van der Waals surface area contributed by atoms with Crippen molar-refractivity contribution in [1.82, 2.24) is 15.0 Å². The van der Waals surface area contributed by atoms with E-state index in [0.29, 0.717) is 11.1 Å². The van der Waals surface area contributed by atoms with Crippen LogP contribution in [0.1, 0.15) is 38.6 Å². The third kappa shape index (κ3) is 4.45. The molecule has 3 aromatic rings. The maximum Gasteiger partial charge on any atom is 0.125 e. The lowest BCUT2D eigenvalue weighted by molar-refractivity contribution is 0.498. The Bertz CT molecular complexity index is 1080. The summed E-state index contributed by atoms with van der Waals surface area (Å²) in [5, 5.41) is 11.2. The van der Waals surface area contributed by atoms with Gasteiger partial charge in [0.15, 0.2) is 0 Å². The zero-order valence-electron chi connectivity index (χ0n) is 17.0. The van der Waals surface area contributed by atoms with E-state index in [0.717, 1.165) is 46.3 Å². The number of benzene rings is 1. The molecular weight excluding hydrogens is 346 g/mol. The van der Waals surface area contributed by atoms with Gasteiger partial charge in [-0.25, -0.2) is 9.97 Å². The van der Waals surface area contributed by atoms with Crippen molar-refractivity contribution < 1.29 is 5.11 Å². The maximum absolute atomic E-state index is 9.77. The van der Waals surface area contributed by atoms with Gasteiger partial charge in [0.05, 0.1) is 11.5 Å². The molecular formula is C24H27N3O. The summed E-state index contributed by atoms with van der Waals surface area (Å²) < 4.78 is 0. The van der Waals surface area contributed by atoms with Crippen LogP contribution < -0.4 is 10.4 Å². The fourth-order valence-corrected chi connectivity index (χ4v) is 3.19. The number of rotatable bonds is 5. The fraction of sp³-hybridized carbons (Fsp3) is 0.292. The van der Waals surface area contributed by atoms with Gasteiger partial charge in [0, 0.05) is 34.9 Å². The van der Waals surface area contributed by atoms with E-state index in [9.17, 15) is 5.11 Å². The molecule has 0 fully saturated rings. The molecule has 2 heterocycles. The quantitative estimate of drug-likeness (QED) is 0.728. The van der Waals surface area contributed by atoms with Gasteiger partial charge in [0.25, 0.3) is 0 Å². The highest BCUT2D eigenvalue weighted by Crippen LogP contribution is 2.28. The van der Waals surface area contributed by atoms with E-state index in [2.05, 4.69) is 53.6 Å². The number of nitrogens with zero attached hydrogens (tertiary/aromatic N) is 3. The first kappa shape index (κ1) is 19.7. The molecule has 0 aliphatic heterocycles. The fourth-order valence-electron chi connectivity index (χ4n) is 3.19. The molecule has 4 heteroatoms. The average Bonchev–Trinajstić information content (AvgIpc) is 2.66. The van der Waals surface area contributed by atoms with Crippen molar-refractivity contribution in [2.45, 2.75) is 40.5 Å². The van der Waals surface area contributed by atoms with Crippen LogP contribution in [0.3, 0.4) is 0 Å². The van der Waals surface area contributed by atoms with E-state index in [1.54, 1.807) is 13.1 Å². The van der Waals surface area contributed by atoms with Gasteiger partial charge in [-0.15, -0.1) is 0 Å². The van der Waals surface area contributed by atoms with Crippen molar-refractivity contribution in [3.8, 4) is 22.4 Å². The van der Waals surface area contributed by atoms with Gasteiger partial charge in [-0.05, 0) is 55.0 Å². The lowest BCUT2D eigenvalue weighted by Crippen LogP contribution is -2.26. The summed E-state index contributed by atoms with van der Waals surface area (Å²) in [6.45, 7) is 12.1. The number of aliphatic hydroxyl groups is 1. The van der Waals surface area contributed by atoms with Gasteiger partial charge in [0.2, 0.25) is 0 Å². The second-order valence-corrected chi connectivity index (χ2v) is 7.64. The zero-order valence-corrected chi connectivity index (χ0v) is 17.0. The molecule has 0 spiro atoms. The number of hydrogen-bond donors (Lipinski definition) is 1. The third-order valence-corrected chi connectivity index (χ3v) is 4.87. The van der Waals surface area contributed by atoms with Crippen LogP contribution in [-0.4, -0.2) is 20.1 Å². The molecule has 0 saturated heterocycles. The number of pyridine rings is 1. The van der Waals surface area contributed by atoms with Gasteiger partial charge >= 0.3 is 0 Å². The Morgan fingerprint density at radius 1 is 1.04 bits per heavy atom. The first-order valence-electron chi connectivity index (χ1n) is 9.62. The molecule has 2 aromatic heterocycles. The molecule has 3 rings (SSSR count). The summed E-state index contributed by atoms with van der Waals surface area (Å²) >= 11 is 0. The maximum atomic E-state index is 9.77. The van der Waals surface area contributed by atoms with Crippen LogP contribution in [0.25, 0.3) is 34.7 Å². The molecule has 0 unspecified atom stereocenters. The Labute approximate surface area is 166 Å². The second-order valence-electron chi connectivity index (χ2n) is 7.64. The first-order chi connectivity index (χ1) is 13.3. The van der Waals surface area contributed by atoms with E-state index < -0.39 is 0 Å².